The Bertz CT molecular complexity index is 535. The van der Waals surface area contributed by atoms with Crippen LogP contribution in [0.15, 0.2) is 24.3 Å². The van der Waals surface area contributed by atoms with Crippen LogP contribution in [-0.2, 0) is 4.79 Å². The van der Waals surface area contributed by atoms with Crippen LogP contribution >= 0.6 is 0 Å². The topological polar surface area (TPSA) is 56.1 Å². The minimum atomic E-state index is -0.0249. The highest BCUT2D eigenvalue weighted by atomic mass is 16.1. The third-order valence-corrected chi connectivity index (χ3v) is 4.45. The summed E-state index contributed by atoms with van der Waals surface area (Å²) in [6, 6.07) is 9.73. The second-order valence-corrected chi connectivity index (χ2v) is 5.85. The number of carbonyl (C=O) groups is 1. The summed E-state index contributed by atoms with van der Waals surface area (Å²) in [7, 11) is 0. The number of anilines is 1. The number of rotatable bonds is 4. The molecule has 1 saturated heterocycles. The Morgan fingerprint density at radius 2 is 2.19 bits per heavy atom. The Kier molecular flexibility index (Phi) is 5.35. The maximum Gasteiger partial charge on any atom is 0.225 e. The van der Waals surface area contributed by atoms with Gasteiger partial charge >= 0.3 is 0 Å². The van der Waals surface area contributed by atoms with Crippen molar-refractivity contribution < 1.29 is 4.79 Å². The van der Waals surface area contributed by atoms with Gasteiger partial charge in [0.1, 0.15) is 6.07 Å². The Balaban J connectivity index is 1.86. The number of hydrogen-bond donors (Lipinski definition) is 1. The quantitative estimate of drug-likeness (QED) is 0.925. The fraction of sp³-hybridized carbons (Fsp3) is 0.529. The number of piperidine rings is 1. The van der Waals surface area contributed by atoms with Crippen LogP contribution in [0.4, 0.5) is 5.69 Å². The second kappa shape index (κ2) is 7.24. The molecule has 2 unspecified atom stereocenters. The lowest BCUT2D eigenvalue weighted by molar-refractivity contribution is -0.116. The molecule has 1 aliphatic heterocycles. The summed E-state index contributed by atoms with van der Waals surface area (Å²) >= 11 is 0. The smallest absolute Gasteiger partial charge is 0.225 e. The second-order valence-electron chi connectivity index (χ2n) is 5.85. The van der Waals surface area contributed by atoms with Gasteiger partial charge in [-0.3, -0.25) is 9.69 Å². The molecule has 0 aliphatic carbocycles. The van der Waals surface area contributed by atoms with Gasteiger partial charge in [-0.2, -0.15) is 5.26 Å². The van der Waals surface area contributed by atoms with Crippen molar-refractivity contribution in [3.05, 3.63) is 29.8 Å². The molecule has 0 aromatic heterocycles. The van der Waals surface area contributed by atoms with Gasteiger partial charge < -0.3 is 5.32 Å². The van der Waals surface area contributed by atoms with Crippen molar-refractivity contribution in [2.24, 2.45) is 5.92 Å². The largest absolute Gasteiger partial charge is 0.325 e. The van der Waals surface area contributed by atoms with Crippen molar-refractivity contribution in [2.45, 2.75) is 39.2 Å². The molecule has 1 fully saturated rings. The van der Waals surface area contributed by atoms with Crippen LogP contribution in [0, 0.1) is 17.2 Å². The fourth-order valence-corrected chi connectivity index (χ4v) is 2.88. The van der Waals surface area contributed by atoms with Crippen molar-refractivity contribution in [1.82, 2.24) is 4.90 Å². The van der Waals surface area contributed by atoms with Crippen LogP contribution in [0.1, 0.15) is 38.7 Å². The Morgan fingerprint density at radius 3 is 2.95 bits per heavy atom. The zero-order valence-corrected chi connectivity index (χ0v) is 12.8. The molecule has 1 aliphatic rings. The number of hydrogen-bond acceptors (Lipinski definition) is 3. The van der Waals surface area contributed by atoms with E-state index < -0.39 is 0 Å². The van der Waals surface area contributed by atoms with E-state index in [9.17, 15) is 4.79 Å². The Morgan fingerprint density at radius 1 is 1.43 bits per heavy atom. The van der Waals surface area contributed by atoms with Gasteiger partial charge in [0.05, 0.1) is 11.3 Å². The van der Waals surface area contributed by atoms with E-state index in [4.69, 9.17) is 5.26 Å². The van der Waals surface area contributed by atoms with Gasteiger partial charge in [-0.15, -0.1) is 0 Å². The third kappa shape index (κ3) is 4.05. The van der Waals surface area contributed by atoms with E-state index >= 15 is 0 Å². The summed E-state index contributed by atoms with van der Waals surface area (Å²) in [5.74, 6) is 0.671. The zero-order chi connectivity index (χ0) is 15.2. The molecule has 2 atom stereocenters. The molecule has 21 heavy (non-hydrogen) atoms. The van der Waals surface area contributed by atoms with Crippen molar-refractivity contribution in [1.29, 1.82) is 5.26 Å². The molecule has 0 bridgehead atoms. The molecule has 1 aromatic rings. The molecular weight excluding hydrogens is 262 g/mol. The van der Waals surface area contributed by atoms with Gasteiger partial charge in [0.25, 0.3) is 0 Å². The van der Waals surface area contributed by atoms with Crippen LogP contribution in [0.25, 0.3) is 0 Å². The molecule has 4 heteroatoms. The number of para-hydroxylation sites is 1. The molecule has 0 saturated carbocycles. The van der Waals surface area contributed by atoms with E-state index in [0.29, 0.717) is 29.6 Å². The minimum absolute atomic E-state index is 0.0249. The predicted octanol–water partition coefficient (Wildman–Crippen LogP) is 3.01. The highest BCUT2D eigenvalue weighted by molar-refractivity contribution is 5.92. The molecule has 0 radical (unpaired) electrons. The summed E-state index contributed by atoms with van der Waals surface area (Å²) in [4.78, 5) is 14.5. The van der Waals surface area contributed by atoms with E-state index in [1.807, 2.05) is 6.07 Å². The number of nitriles is 1. The lowest BCUT2D eigenvalue weighted by atomic mass is 9.92. The van der Waals surface area contributed by atoms with Crippen LogP contribution in [0.5, 0.6) is 0 Å². The van der Waals surface area contributed by atoms with Gasteiger partial charge in [0.15, 0.2) is 0 Å². The molecule has 112 valence electrons. The van der Waals surface area contributed by atoms with Crippen molar-refractivity contribution in [2.75, 3.05) is 18.4 Å². The predicted molar refractivity (Wildman–Crippen MR) is 83.8 cm³/mol. The van der Waals surface area contributed by atoms with E-state index in [0.717, 1.165) is 13.1 Å². The van der Waals surface area contributed by atoms with Crippen LogP contribution in [0.3, 0.4) is 0 Å². The van der Waals surface area contributed by atoms with Crippen molar-refractivity contribution in [3.8, 4) is 6.07 Å². The average Bonchev–Trinajstić information content (AvgIpc) is 2.49. The maximum atomic E-state index is 12.1. The van der Waals surface area contributed by atoms with Crippen LogP contribution < -0.4 is 5.32 Å². The van der Waals surface area contributed by atoms with Crippen molar-refractivity contribution >= 4 is 11.6 Å². The Labute approximate surface area is 126 Å². The van der Waals surface area contributed by atoms with E-state index in [2.05, 4.69) is 30.1 Å². The van der Waals surface area contributed by atoms with Gasteiger partial charge in [0, 0.05) is 19.0 Å². The molecule has 1 heterocycles. The lowest BCUT2D eigenvalue weighted by Gasteiger charge is -2.37. The number of benzene rings is 1. The molecular formula is C17H23N3O. The third-order valence-electron chi connectivity index (χ3n) is 4.45. The van der Waals surface area contributed by atoms with Gasteiger partial charge in [-0.25, -0.2) is 0 Å². The summed E-state index contributed by atoms with van der Waals surface area (Å²) in [5, 5.41) is 11.9. The summed E-state index contributed by atoms with van der Waals surface area (Å²) in [5.41, 5.74) is 1.11. The number of nitrogens with zero attached hydrogens (tertiary/aromatic N) is 2. The number of nitrogens with one attached hydrogen (secondary N) is 1. The van der Waals surface area contributed by atoms with Crippen LogP contribution in [-0.4, -0.2) is 29.9 Å². The first-order valence-electron chi connectivity index (χ1n) is 7.65. The minimum Gasteiger partial charge on any atom is -0.325 e. The molecule has 1 amide bonds. The summed E-state index contributed by atoms with van der Waals surface area (Å²) in [6.07, 6.45) is 2.96. The molecule has 0 spiro atoms. The number of carbonyl (C=O) groups excluding carboxylic acids is 1. The number of likely N-dealkylation sites (tertiary alicyclic amines) is 1. The molecule has 2 rings (SSSR count). The van der Waals surface area contributed by atoms with Gasteiger partial charge in [-0.05, 0) is 44.4 Å². The fourth-order valence-electron chi connectivity index (χ4n) is 2.88. The zero-order valence-electron chi connectivity index (χ0n) is 12.8. The van der Waals surface area contributed by atoms with Gasteiger partial charge in [-0.1, -0.05) is 19.1 Å². The van der Waals surface area contributed by atoms with E-state index in [1.165, 1.54) is 12.8 Å². The number of amides is 1. The lowest BCUT2D eigenvalue weighted by Crippen LogP contribution is -2.43. The maximum absolute atomic E-state index is 12.1. The van der Waals surface area contributed by atoms with Crippen LogP contribution in [0.2, 0.25) is 0 Å². The van der Waals surface area contributed by atoms with Crippen molar-refractivity contribution in [3.63, 3.8) is 0 Å². The summed E-state index contributed by atoms with van der Waals surface area (Å²) in [6.45, 7) is 6.38. The molecule has 4 nitrogen and oxygen atoms in total. The monoisotopic (exact) mass is 285 g/mol. The normalized spacial score (nSPS) is 22.5. The SMILES string of the molecule is CC1CCCN(CCC(=O)Nc2ccccc2C#N)C1C. The average molecular weight is 285 g/mol. The first kappa shape index (κ1) is 15.5. The standard InChI is InChI=1S/C17H23N3O/c1-13-6-5-10-20(14(13)2)11-9-17(21)19-16-8-4-3-7-15(16)12-18/h3-4,7-8,13-14H,5-6,9-11H2,1-2H3,(H,19,21). The van der Waals surface area contributed by atoms with E-state index in [-0.39, 0.29) is 5.91 Å². The van der Waals surface area contributed by atoms with Gasteiger partial charge in [0.2, 0.25) is 5.91 Å². The Hall–Kier alpha value is -1.86. The van der Waals surface area contributed by atoms with E-state index in [1.54, 1.807) is 18.2 Å². The summed E-state index contributed by atoms with van der Waals surface area (Å²) < 4.78 is 0. The first-order valence-corrected chi connectivity index (χ1v) is 7.65. The highest BCUT2D eigenvalue weighted by Gasteiger charge is 2.24. The molecule has 1 N–H and O–H groups in total. The highest BCUT2D eigenvalue weighted by Crippen LogP contribution is 2.23. The molecule has 1 aromatic carbocycles. The first-order chi connectivity index (χ1) is 10.1.